The molecule has 0 aromatic heterocycles. The van der Waals surface area contributed by atoms with Gasteiger partial charge >= 0.3 is 11.9 Å². The summed E-state index contributed by atoms with van der Waals surface area (Å²) < 4.78 is 63.1. The highest BCUT2D eigenvalue weighted by molar-refractivity contribution is 7.85. The van der Waals surface area contributed by atoms with Gasteiger partial charge in [-0.25, -0.2) is 4.79 Å². The molecule has 0 fully saturated rings. The first kappa shape index (κ1) is 20.0. The fourth-order valence-corrected chi connectivity index (χ4v) is 2.32. The summed E-state index contributed by atoms with van der Waals surface area (Å²) in [6.45, 7) is 1.37. The molecular formula is C14H17F2NO6S. The molecule has 2 N–H and O–H groups in total. The first-order valence-corrected chi connectivity index (χ1v) is 8.55. The Hall–Kier alpha value is -2.07. The molecule has 10 heteroatoms. The second-order valence-electron chi connectivity index (χ2n) is 4.79. The van der Waals surface area contributed by atoms with Crippen LogP contribution >= 0.6 is 0 Å². The van der Waals surface area contributed by atoms with Crippen molar-refractivity contribution in [3.63, 3.8) is 0 Å². The molecule has 1 aromatic carbocycles. The number of carbonyl (C=O) groups is 2. The molecule has 0 saturated heterocycles. The van der Waals surface area contributed by atoms with E-state index < -0.39 is 51.7 Å². The monoisotopic (exact) mass is 365 g/mol. The van der Waals surface area contributed by atoms with E-state index in [0.29, 0.717) is 0 Å². The molecule has 0 saturated carbocycles. The summed E-state index contributed by atoms with van der Waals surface area (Å²) in [5, 5.41) is 1.77. The lowest BCUT2D eigenvalue weighted by atomic mass is 10.1. The van der Waals surface area contributed by atoms with Gasteiger partial charge in [0.25, 0.3) is 16.0 Å². The SMILES string of the molecule is CCOC(=O)[C@H](CCS(=O)(=O)O)NC(=O)C(F)(F)c1ccccc1. The van der Waals surface area contributed by atoms with Crippen molar-refractivity contribution in [1.29, 1.82) is 0 Å². The third kappa shape index (κ3) is 5.85. The van der Waals surface area contributed by atoms with Gasteiger partial charge in [0.1, 0.15) is 6.04 Å². The van der Waals surface area contributed by atoms with Gasteiger partial charge in [0.2, 0.25) is 0 Å². The van der Waals surface area contributed by atoms with Crippen LogP contribution in [0.15, 0.2) is 30.3 Å². The van der Waals surface area contributed by atoms with Crippen molar-refractivity contribution in [3.05, 3.63) is 35.9 Å². The van der Waals surface area contributed by atoms with Gasteiger partial charge < -0.3 is 10.1 Å². The predicted octanol–water partition coefficient (Wildman–Crippen LogP) is 1.10. The number of hydrogen-bond donors (Lipinski definition) is 2. The van der Waals surface area contributed by atoms with Crippen LogP contribution in [0.3, 0.4) is 0 Å². The lowest BCUT2D eigenvalue weighted by Crippen LogP contribution is -2.48. The second kappa shape index (κ2) is 8.15. The third-order valence-corrected chi connectivity index (χ3v) is 3.71. The van der Waals surface area contributed by atoms with Crippen molar-refractivity contribution in [2.24, 2.45) is 0 Å². The highest BCUT2D eigenvalue weighted by Gasteiger charge is 2.42. The number of halogens is 2. The van der Waals surface area contributed by atoms with Crippen molar-refractivity contribution in [1.82, 2.24) is 5.32 Å². The van der Waals surface area contributed by atoms with Gasteiger partial charge in [-0.3, -0.25) is 9.35 Å². The summed E-state index contributed by atoms with van der Waals surface area (Å²) in [5.41, 5.74) is -0.583. The van der Waals surface area contributed by atoms with Crippen molar-refractivity contribution in [2.75, 3.05) is 12.4 Å². The molecule has 0 unspecified atom stereocenters. The lowest BCUT2D eigenvalue weighted by molar-refractivity contribution is -0.154. The van der Waals surface area contributed by atoms with E-state index in [1.54, 1.807) is 5.32 Å². The van der Waals surface area contributed by atoms with Crippen LogP contribution in [-0.2, 0) is 30.4 Å². The zero-order valence-corrected chi connectivity index (χ0v) is 13.6. The van der Waals surface area contributed by atoms with Gasteiger partial charge in [0.05, 0.1) is 12.4 Å². The summed E-state index contributed by atoms with van der Waals surface area (Å²) in [7, 11) is -4.44. The Morgan fingerprint density at radius 3 is 2.38 bits per heavy atom. The quantitative estimate of drug-likeness (QED) is 0.527. The van der Waals surface area contributed by atoms with Crippen LogP contribution in [-0.4, -0.2) is 43.2 Å². The number of benzene rings is 1. The highest BCUT2D eigenvalue weighted by atomic mass is 32.2. The van der Waals surface area contributed by atoms with Crippen LogP contribution in [0.4, 0.5) is 8.78 Å². The van der Waals surface area contributed by atoms with Crippen LogP contribution in [0.2, 0.25) is 0 Å². The van der Waals surface area contributed by atoms with Gasteiger partial charge in [-0.1, -0.05) is 30.3 Å². The number of carbonyl (C=O) groups excluding carboxylic acids is 2. The summed E-state index contributed by atoms with van der Waals surface area (Å²) >= 11 is 0. The second-order valence-corrected chi connectivity index (χ2v) is 6.37. The number of amides is 1. The minimum atomic E-state index is -4.44. The van der Waals surface area contributed by atoms with Crippen molar-refractivity contribution in [2.45, 2.75) is 25.3 Å². The molecule has 1 amide bonds. The Bertz CT molecular complexity index is 678. The van der Waals surface area contributed by atoms with E-state index in [-0.39, 0.29) is 6.61 Å². The van der Waals surface area contributed by atoms with Crippen molar-refractivity contribution >= 4 is 22.0 Å². The fourth-order valence-electron chi connectivity index (χ4n) is 1.79. The highest BCUT2D eigenvalue weighted by Crippen LogP contribution is 2.28. The molecule has 1 rings (SSSR count). The maximum absolute atomic E-state index is 14.1. The summed E-state index contributed by atoms with van der Waals surface area (Å²) in [6.07, 6.45) is -0.603. The Morgan fingerprint density at radius 2 is 1.88 bits per heavy atom. The molecule has 0 aliphatic heterocycles. The van der Waals surface area contributed by atoms with E-state index in [9.17, 15) is 26.8 Å². The molecule has 7 nitrogen and oxygen atoms in total. The zero-order chi connectivity index (χ0) is 18.4. The zero-order valence-electron chi connectivity index (χ0n) is 12.7. The predicted molar refractivity (Wildman–Crippen MR) is 79.9 cm³/mol. The molecule has 0 radical (unpaired) electrons. The van der Waals surface area contributed by atoms with E-state index >= 15 is 0 Å². The van der Waals surface area contributed by atoms with E-state index in [4.69, 9.17) is 4.55 Å². The van der Waals surface area contributed by atoms with Crippen molar-refractivity contribution < 1.29 is 36.1 Å². The molecule has 1 atom stereocenters. The van der Waals surface area contributed by atoms with Crippen LogP contribution in [0.5, 0.6) is 0 Å². The number of hydrogen-bond acceptors (Lipinski definition) is 5. The minimum absolute atomic E-state index is 0.0911. The molecular weight excluding hydrogens is 348 g/mol. The molecule has 0 aliphatic rings. The van der Waals surface area contributed by atoms with E-state index in [0.717, 1.165) is 12.1 Å². The number of nitrogens with one attached hydrogen (secondary N) is 1. The minimum Gasteiger partial charge on any atom is -0.464 e. The standard InChI is InChI=1S/C14H17F2NO6S/c1-2-23-12(18)11(8-9-24(20,21)22)17-13(19)14(15,16)10-6-4-3-5-7-10/h3-7,11H,2,8-9H2,1H3,(H,17,19)(H,20,21,22)/t11-/m0/s1. The Labute approximate surface area is 137 Å². The smallest absolute Gasteiger partial charge is 0.349 e. The van der Waals surface area contributed by atoms with Crippen LogP contribution in [0.25, 0.3) is 0 Å². The summed E-state index contributed by atoms with van der Waals surface area (Å²) in [6, 6.07) is 4.57. The molecule has 0 aliphatic carbocycles. The summed E-state index contributed by atoms with van der Waals surface area (Å²) in [5.74, 6) is -7.67. The molecule has 0 spiro atoms. The third-order valence-electron chi connectivity index (χ3n) is 2.96. The Kier molecular flexibility index (Phi) is 6.79. The first-order chi connectivity index (χ1) is 11.1. The largest absolute Gasteiger partial charge is 0.464 e. The average molecular weight is 365 g/mol. The number of ether oxygens (including phenoxy) is 1. The fraction of sp³-hybridized carbons (Fsp3) is 0.429. The number of alkyl halides is 2. The Morgan fingerprint density at radius 1 is 1.29 bits per heavy atom. The normalized spacial score (nSPS) is 13.2. The first-order valence-electron chi connectivity index (χ1n) is 6.94. The van der Waals surface area contributed by atoms with E-state index in [1.165, 1.54) is 25.1 Å². The van der Waals surface area contributed by atoms with Crippen LogP contribution in [0, 0.1) is 0 Å². The van der Waals surface area contributed by atoms with Gasteiger partial charge in [-0.05, 0) is 13.3 Å². The van der Waals surface area contributed by atoms with Crippen LogP contribution < -0.4 is 5.32 Å². The maximum Gasteiger partial charge on any atom is 0.349 e. The molecule has 1 aromatic rings. The lowest BCUT2D eigenvalue weighted by Gasteiger charge is -2.21. The van der Waals surface area contributed by atoms with Crippen molar-refractivity contribution in [3.8, 4) is 0 Å². The van der Waals surface area contributed by atoms with Gasteiger partial charge in [0, 0.05) is 5.56 Å². The Balaban J connectivity index is 2.91. The van der Waals surface area contributed by atoms with Gasteiger partial charge in [-0.2, -0.15) is 17.2 Å². The topological polar surface area (TPSA) is 110 Å². The molecule has 24 heavy (non-hydrogen) atoms. The van der Waals surface area contributed by atoms with E-state index in [2.05, 4.69) is 4.74 Å². The number of esters is 1. The van der Waals surface area contributed by atoms with E-state index in [1.807, 2.05) is 0 Å². The van der Waals surface area contributed by atoms with Gasteiger partial charge in [-0.15, -0.1) is 0 Å². The van der Waals surface area contributed by atoms with Crippen LogP contribution in [0.1, 0.15) is 18.9 Å². The average Bonchev–Trinajstić information content (AvgIpc) is 2.51. The number of rotatable bonds is 8. The van der Waals surface area contributed by atoms with Gasteiger partial charge in [0.15, 0.2) is 0 Å². The molecule has 0 bridgehead atoms. The molecule has 134 valence electrons. The molecule has 0 heterocycles. The summed E-state index contributed by atoms with van der Waals surface area (Å²) in [4.78, 5) is 23.5. The maximum atomic E-state index is 14.1.